The number of fused-ring (bicyclic) bond motifs is 1. The molecule has 1 saturated carbocycles. The van der Waals surface area contributed by atoms with E-state index in [-0.39, 0.29) is 17.7 Å². The van der Waals surface area contributed by atoms with E-state index in [1.165, 1.54) is 24.0 Å². The van der Waals surface area contributed by atoms with Gasteiger partial charge in [-0.25, -0.2) is 0 Å². The maximum Gasteiger partial charge on any atom is 0.251 e. The Hall–Kier alpha value is -2.62. The van der Waals surface area contributed by atoms with Crippen LogP contribution in [-0.4, -0.2) is 11.8 Å². The minimum absolute atomic E-state index is 0.0375. The van der Waals surface area contributed by atoms with E-state index in [4.69, 9.17) is 0 Å². The number of rotatable bonds is 5. The SMILES string of the molecule is O=C(NCc1ccc(NC(=O)C2CC2)cc1)c1ccc2c(c1)CCCC2. The second kappa shape index (κ2) is 7.32. The smallest absolute Gasteiger partial charge is 0.251 e. The van der Waals surface area contributed by atoms with E-state index in [9.17, 15) is 9.59 Å². The summed E-state index contributed by atoms with van der Waals surface area (Å²) in [5.74, 6) is 0.272. The second-order valence-corrected chi connectivity index (χ2v) is 7.33. The fraction of sp³-hybridized carbons (Fsp3) is 0.364. The molecule has 26 heavy (non-hydrogen) atoms. The number of amides is 2. The molecule has 4 nitrogen and oxygen atoms in total. The average Bonchev–Trinajstić information content (AvgIpc) is 3.52. The summed E-state index contributed by atoms with van der Waals surface area (Å²) in [6.07, 6.45) is 6.65. The third-order valence-electron chi connectivity index (χ3n) is 5.23. The van der Waals surface area contributed by atoms with Crippen LogP contribution in [0, 0.1) is 5.92 Å². The van der Waals surface area contributed by atoms with E-state index < -0.39 is 0 Å². The number of aryl methyl sites for hydroxylation is 2. The van der Waals surface area contributed by atoms with Crippen molar-refractivity contribution in [1.29, 1.82) is 0 Å². The third kappa shape index (κ3) is 3.96. The van der Waals surface area contributed by atoms with Gasteiger partial charge in [0.05, 0.1) is 0 Å². The highest BCUT2D eigenvalue weighted by atomic mass is 16.2. The normalized spacial score (nSPS) is 15.8. The standard InChI is InChI=1S/C22H24N2O2/c25-21(19-10-7-16-3-1-2-4-18(16)13-19)23-14-15-5-11-20(12-6-15)24-22(26)17-8-9-17/h5-7,10-13,17H,1-4,8-9,14H2,(H,23,25)(H,24,26). The zero-order valence-corrected chi connectivity index (χ0v) is 14.9. The molecule has 4 rings (SSSR count). The fourth-order valence-corrected chi connectivity index (χ4v) is 3.45. The molecular formula is C22H24N2O2. The Labute approximate surface area is 154 Å². The van der Waals surface area contributed by atoms with Crippen LogP contribution in [0.1, 0.15) is 52.7 Å². The predicted octanol–water partition coefficient (Wildman–Crippen LogP) is 3.84. The molecular weight excluding hydrogens is 324 g/mol. The minimum atomic E-state index is -0.0375. The Morgan fingerprint density at radius 3 is 2.38 bits per heavy atom. The molecule has 2 aromatic rings. The largest absolute Gasteiger partial charge is 0.348 e. The van der Waals surface area contributed by atoms with Crippen LogP contribution >= 0.6 is 0 Å². The van der Waals surface area contributed by atoms with Crippen molar-refractivity contribution in [3.63, 3.8) is 0 Å². The lowest BCUT2D eigenvalue weighted by Gasteiger charge is -2.16. The van der Waals surface area contributed by atoms with Crippen molar-refractivity contribution in [2.75, 3.05) is 5.32 Å². The van der Waals surface area contributed by atoms with Gasteiger partial charge in [0.25, 0.3) is 5.91 Å². The van der Waals surface area contributed by atoms with Crippen LogP contribution in [0.15, 0.2) is 42.5 Å². The van der Waals surface area contributed by atoms with Gasteiger partial charge in [-0.15, -0.1) is 0 Å². The van der Waals surface area contributed by atoms with E-state index in [1.54, 1.807) is 0 Å². The Bertz CT molecular complexity index is 823. The van der Waals surface area contributed by atoms with Crippen molar-refractivity contribution in [2.45, 2.75) is 45.1 Å². The van der Waals surface area contributed by atoms with Gasteiger partial charge in [0.1, 0.15) is 0 Å². The van der Waals surface area contributed by atoms with Gasteiger partial charge in [-0.2, -0.15) is 0 Å². The topological polar surface area (TPSA) is 58.2 Å². The molecule has 0 heterocycles. The van der Waals surface area contributed by atoms with Gasteiger partial charge in [-0.1, -0.05) is 18.2 Å². The number of hydrogen-bond acceptors (Lipinski definition) is 2. The maximum absolute atomic E-state index is 12.4. The van der Waals surface area contributed by atoms with E-state index in [0.29, 0.717) is 6.54 Å². The summed E-state index contributed by atoms with van der Waals surface area (Å²) in [6.45, 7) is 0.479. The molecule has 0 saturated heterocycles. The van der Waals surface area contributed by atoms with Crippen molar-refractivity contribution >= 4 is 17.5 Å². The van der Waals surface area contributed by atoms with Gasteiger partial charge in [-0.3, -0.25) is 9.59 Å². The number of hydrogen-bond donors (Lipinski definition) is 2. The lowest BCUT2D eigenvalue weighted by Crippen LogP contribution is -2.23. The first-order valence-corrected chi connectivity index (χ1v) is 9.49. The molecule has 2 amide bonds. The Kier molecular flexibility index (Phi) is 4.74. The van der Waals surface area contributed by atoms with Crippen molar-refractivity contribution in [3.05, 3.63) is 64.7 Å². The molecule has 2 aliphatic rings. The summed E-state index contributed by atoms with van der Waals surface area (Å²) >= 11 is 0. The molecule has 134 valence electrons. The lowest BCUT2D eigenvalue weighted by molar-refractivity contribution is -0.117. The summed E-state index contributed by atoms with van der Waals surface area (Å²) in [6, 6.07) is 13.7. The monoisotopic (exact) mass is 348 g/mol. The van der Waals surface area contributed by atoms with Crippen molar-refractivity contribution < 1.29 is 9.59 Å². The molecule has 0 atom stereocenters. The highest BCUT2D eigenvalue weighted by molar-refractivity contribution is 5.95. The number of anilines is 1. The van der Waals surface area contributed by atoms with Crippen LogP contribution in [0.2, 0.25) is 0 Å². The van der Waals surface area contributed by atoms with E-state index >= 15 is 0 Å². The predicted molar refractivity (Wildman–Crippen MR) is 102 cm³/mol. The van der Waals surface area contributed by atoms with Gasteiger partial charge in [-0.05, 0) is 79.5 Å². The summed E-state index contributed by atoms with van der Waals surface area (Å²) in [7, 11) is 0. The molecule has 2 aliphatic carbocycles. The van der Waals surface area contributed by atoms with Gasteiger partial charge in [0, 0.05) is 23.7 Å². The summed E-state index contributed by atoms with van der Waals surface area (Å²) in [4.78, 5) is 24.2. The van der Waals surface area contributed by atoms with Gasteiger partial charge < -0.3 is 10.6 Å². The van der Waals surface area contributed by atoms with Gasteiger partial charge >= 0.3 is 0 Å². The molecule has 0 radical (unpaired) electrons. The molecule has 0 spiro atoms. The lowest BCUT2D eigenvalue weighted by atomic mass is 9.90. The number of carbonyl (C=O) groups is 2. The summed E-state index contributed by atoms with van der Waals surface area (Å²) in [5.41, 5.74) is 5.27. The third-order valence-corrected chi connectivity index (χ3v) is 5.23. The van der Waals surface area contributed by atoms with E-state index in [2.05, 4.69) is 16.7 Å². The molecule has 4 heteroatoms. The first-order valence-electron chi connectivity index (χ1n) is 9.49. The highest BCUT2D eigenvalue weighted by Crippen LogP contribution is 2.30. The molecule has 2 N–H and O–H groups in total. The van der Waals surface area contributed by atoms with Crippen molar-refractivity contribution in [2.24, 2.45) is 5.92 Å². The van der Waals surface area contributed by atoms with E-state index in [0.717, 1.165) is 42.5 Å². The van der Waals surface area contributed by atoms with Crippen LogP contribution in [0.25, 0.3) is 0 Å². The maximum atomic E-state index is 12.4. The molecule has 0 bridgehead atoms. The minimum Gasteiger partial charge on any atom is -0.348 e. The Morgan fingerprint density at radius 1 is 0.923 bits per heavy atom. The summed E-state index contributed by atoms with van der Waals surface area (Å²) < 4.78 is 0. The fourth-order valence-electron chi connectivity index (χ4n) is 3.45. The van der Waals surface area contributed by atoms with Crippen LogP contribution in [-0.2, 0) is 24.2 Å². The van der Waals surface area contributed by atoms with Gasteiger partial charge in [0.15, 0.2) is 0 Å². The second-order valence-electron chi connectivity index (χ2n) is 7.33. The Balaban J connectivity index is 1.33. The van der Waals surface area contributed by atoms with Crippen molar-refractivity contribution in [3.8, 4) is 0 Å². The number of nitrogens with one attached hydrogen (secondary N) is 2. The number of benzene rings is 2. The van der Waals surface area contributed by atoms with Crippen molar-refractivity contribution in [1.82, 2.24) is 5.32 Å². The molecule has 0 aromatic heterocycles. The van der Waals surface area contributed by atoms with Gasteiger partial charge in [0.2, 0.25) is 5.91 Å². The Morgan fingerprint density at radius 2 is 1.65 bits per heavy atom. The molecule has 2 aromatic carbocycles. The molecule has 1 fully saturated rings. The van der Waals surface area contributed by atoms with Crippen LogP contribution < -0.4 is 10.6 Å². The summed E-state index contributed by atoms with van der Waals surface area (Å²) in [5, 5.41) is 5.91. The molecule has 0 unspecified atom stereocenters. The first kappa shape index (κ1) is 16.8. The zero-order chi connectivity index (χ0) is 17.9. The van der Waals surface area contributed by atoms with E-state index in [1.807, 2.05) is 36.4 Å². The molecule has 0 aliphatic heterocycles. The quantitative estimate of drug-likeness (QED) is 0.862. The zero-order valence-electron chi connectivity index (χ0n) is 14.9. The van der Waals surface area contributed by atoms with Crippen LogP contribution in [0.4, 0.5) is 5.69 Å². The first-order chi connectivity index (χ1) is 12.7. The number of carbonyl (C=O) groups excluding carboxylic acids is 2. The average molecular weight is 348 g/mol. The highest BCUT2D eigenvalue weighted by Gasteiger charge is 2.29. The van der Waals surface area contributed by atoms with Crippen LogP contribution in [0.5, 0.6) is 0 Å². The van der Waals surface area contributed by atoms with Crippen LogP contribution in [0.3, 0.4) is 0 Å².